The van der Waals surface area contributed by atoms with E-state index in [0.717, 1.165) is 36.2 Å². The molecular weight excluding hydrogens is 356 g/mol. The van der Waals surface area contributed by atoms with Gasteiger partial charge in [0, 0.05) is 43.5 Å². The maximum atomic E-state index is 11.0. The minimum Gasteiger partial charge on any atom is -0.395 e. The Bertz CT molecular complexity index is 934. The summed E-state index contributed by atoms with van der Waals surface area (Å²) in [5.74, 6) is -0.565. The van der Waals surface area contributed by atoms with Crippen LogP contribution in [0.1, 0.15) is 16.7 Å². The molecule has 3 aromatic rings. The van der Waals surface area contributed by atoms with Gasteiger partial charge in [-0.25, -0.2) is 5.48 Å². The maximum Gasteiger partial charge on any atom is 0.267 e. The van der Waals surface area contributed by atoms with Crippen molar-refractivity contribution in [3.05, 3.63) is 71.7 Å². The van der Waals surface area contributed by atoms with Gasteiger partial charge in [0.25, 0.3) is 5.91 Å². The van der Waals surface area contributed by atoms with Crippen LogP contribution in [0.2, 0.25) is 0 Å². The molecule has 0 fully saturated rings. The highest BCUT2D eigenvalue weighted by Gasteiger charge is 2.09. The first-order chi connectivity index (χ1) is 13.7. The first kappa shape index (κ1) is 19.8. The molecule has 0 aliphatic heterocycles. The molecule has 0 unspecified atom stereocenters. The van der Waals surface area contributed by atoms with Crippen molar-refractivity contribution in [2.24, 2.45) is 0 Å². The standard InChI is InChI=1S/C21H24N4O3/c26-12-11-25(10-8-18-13-22-14-20-19(18)7-9-23-20)15-17-3-1-16(2-4-17)5-6-21(27)24-28/h1-7,9,13-14,23,26,28H,8,10-12,15H2,(H,24,27)/b6-5+. The third-order valence-corrected chi connectivity index (χ3v) is 4.60. The van der Waals surface area contributed by atoms with Gasteiger partial charge < -0.3 is 10.1 Å². The molecule has 2 heterocycles. The van der Waals surface area contributed by atoms with E-state index < -0.39 is 5.91 Å². The van der Waals surface area contributed by atoms with E-state index in [1.165, 1.54) is 17.0 Å². The monoisotopic (exact) mass is 380 g/mol. The molecule has 0 bridgehead atoms. The molecule has 28 heavy (non-hydrogen) atoms. The average molecular weight is 380 g/mol. The van der Waals surface area contributed by atoms with Crippen molar-refractivity contribution in [2.75, 3.05) is 19.7 Å². The van der Waals surface area contributed by atoms with E-state index in [0.29, 0.717) is 6.54 Å². The Labute approximate surface area is 163 Å². The fourth-order valence-corrected chi connectivity index (χ4v) is 3.13. The Hall–Kier alpha value is -3.00. The van der Waals surface area contributed by atoms with Gasteiger partial charge >= 0.3 is 0 Å². The molecule has 0 radical (unpaired) electrons. The fraction of sp³-hybridized carbons (Fsp3) is 0.238. The quantitative estimate of drug-likeness (QED) is 0.259. The number of pyridine rings is 1. The van der Waals surface area contributed by atoms with Gasteiger partial charge in [-0.1, -0.05) is 24.3 Å². The van der Waals surface area contributed by atoms with Crippen molar-refractivity contribution in [1.29, 1.82) is 0 Å². The van der Waals surface area contributed by atoms with Crippen LogP contribution < -0.4 is 5.48 Å². The molecule has 7 heteroatoms. The molecule has 1 aromatic carbocycles. The van der Waals surface area contributed by atoms with Crippen LogP contribution in [0.25, 0.3) is 17.0 Å². The fourth-order valence-electron chi connectivity index (χ4n) is 3.13. The predicted molar refractivity (Wildman–Crippen MR) is 108 cm³/mol. The summed E-state index contributed by atoms with van der Waals surface area (Å²) < 4.78 is 0. The van der Waals surface area contributed by atoms with Crippen LogP contribution in [0.15, 0.2) is 55.0 Å². The number of carbonyl (C=O) groups excluding carboxylic acids is 1. The van der Waals surface area contributed by atoms with Gasteiger partial charge in [0.05, 0.1) is 18.3 Å². The van der Waals surface area contributed by atoms with Crippen LogP contribution in [0.4, 0.5) is 0 Å². The topological polar surface area (TPSA) is 101 Å². The van der Waals surface area contributed by atoms with Gasteiger partial charge in [0.1, 0.15) is 0 Å². The Morgan fingerprint density at radius 1 is 1.18 bits per heavy atom. The zero-order chi connectivity index (χ0) is 19.8. The lowest BCUT2D eigenvalue weighted by atomic mass is 10.1. The highest BCUT2D eigenvalue weighted by molar-refractivity contribution is 5.90. The molecule has 0 saturated heterocycles. The molecule has 0 spiro atoms. The lowest BCUT2D eigenvalue weighted by Gasteiger charge is -2.21. The lowest BCUT2D eigenvalue weighted by Crippen LogP contribution is -2.28. The molecule has 2 aromatic heterocycles. The summed E-state index contributed by atoms with van der Waals surface area (Å²) in [5, 5.41) is 19.1. The van der Waals surface area contributed by atoms with Gasteiger partial charge in [-0.3, -0.25) is 19.9 Å². The van der Waals surface area contributed by atoms with Gasteiger partial charge in [-0.2, -0.15) is 0 Å². The first-order valence-corrected chi connectivity index (χ1v) is 9.14. The van der Waals surface area contributed by atoms with Gasteiger partial charge in [-0.15, -0.1) is 0 Å². The number of aromatic amines is 1. The minimum atomic E-state index is -0.565. The third-order valence-electron chi connectivity index (χ3n) is 4.60. The third kappa shape index (κ3) is 5.26. The summed E-state index contributed by atoms with van der Waals surface area (Å²) in [6.07, 6.45) is 9.39. The Balaban J connectivity index is 1.62. The molecule has 1 amide bonds. The largest absolute Gasteiger partial charge is 0.395 e. The van der Waals surface area contributed by atoms with Gasteiger partial charge in [0.15, 0.2) is 0 Å². The summed E-state index contributed by atoms with van der Waals surface area (Å²) >= 11 is 0. The molecule has 4 N–H and O–H groups in total. The van der Waals surface area contributed by atoms with Crippen molar-refractivity contribution < 1.29 is 15.1 Å². The van der Waals surface area contributed by atoms with Crippen molar-refractivity contribution in [1.82, 2.24) is 20.3 Å². The SMILES string of the molecule is O=C(/C=C/c1ccc(CN(CCO)CCc2cncc3[nH]ccc23)cc1)NO. The number of nitrogens with one attached hydrogen (secondary N) is 2. The van der Waals surface area contributed by atoms with E-state index in [-0.39, 0.29) is 6.61 Å². The molecule has 0 saturated carbocycles. The highest BCUT2D eigenvalue weighted by atomic mass is 16.5. The first-order valence-electron chi connectivity index (χ1n) is 9.14. The van der Waals surface area contributed by atoms with Crippen molar-refractivity contribution in [3.63, 3.8) is 0 Å². The Morgan fingerprint density at radius 3 is 2.75 bits per heavy atom. The number of nitrogens with zero attached hydrogens (tertiary/aromatic N) is 2. The normalized spacial score (nSPS) is 11.5. The molecule has 146 valence electrons. The number of amides is 1. The van der Waals surface area contributed by atoms with Crippen LogP contribution in [0, 0.1) is 0 Å². The minimum absolute atomic E-state index is 0.101. The number of carbonyl (C=O) groups is 1. The van der Waals surface area contributed by atoms with E-state index >= 15 is 0 Å². The Morgan fingerprint density at radius 2 is 2.00 bits per heavy atom. The number of hydrogen-bond acceptors (Lipinski definition) is 5. The van der Waals surface area contributed by atoms with Gasteiger partial charge in [0.2, 0.25) is 0 Å². The summed E-state index contributed by atoms with van der Waals surface area (Å²) in [6.45, 7) is 2.22. The van der Waals surface area contributed by atoms with Gasteiger partial charge in [-0.05, 0) is 35.3 Å². The highest BCUT2D eigenvalue weighted by Crippen LogP contribution is 2.17. The second-order valence-electron chi connectivity index (χ2n) is 6.54. The summed E-state index contributed by atoms with van der Waals surface area (Å²) in [7, 11) is 0. The number of aromatic nitrogens is 2. The van der Waals surface area contributed by atoms with Crippen LogP contribution in [0.3, 0.4) is 0 Å². The second kappa shape index (κ2) is 9.80. The van der Waals surface area contributed by atoms with Crippen molar-refractivity contribution >= 4 is 22.9 Å². The summed E-state index contributed by atoms with van der Waals surface area (Å²) in [4.78, 5) is 20.7. The lowest BCUT2D eigenvalue weighted by molar-refractivity contribution is -0.124. The number of aliphatic hydroxyl groups excluding tert-OH is 1. The molecule has 3 rings (SSSR count). The summed E-state index contributed by atoms with van der Waals surface area (Å²) in [5.41, 5.74) is 5.77. The van der Waals surface area contributed by atoms with E-state index in [1.54, 1.807) is 11.6 Å². The average Bonchev–Trinajstić information content (AvgIpc) is 3.21. The number of H-pyrrole nitrogens is 1. The molecule has 0 aliphatic carbocycles. The predicted octanol–water partition coefficient (Wildman–Crippen LogP) is 2.12. The molecule has 0 atom stereocenters. The van der Waals surface area contributed by atoms with Crippen molar-refractivity contribution in [3.8, 4) is 0 Å². The van der Waals surface area contributed by atoms with Crippen LogP contribution >= 0.6 is 0 Å². The molecule has 7 nitrogen and oxygen atoms in total. The van der Waals surface area contributed by atoms with Crippen LogP contribution in [-0.4, -0.2) is 50.8 Å². The number of benzene rings is 1. The second-order valence-corrected chi connectivity index (χ2v) is 6.54. The number of rotatable bonds is 9. The maximum absolute atomic E-state index is 11.0. The van der Waals surface area contributed by atoms with Crippen molar-refractivity contribution in [2.45, 2.75) is 13.0 Å². The smallest absolute Gasteiger partial charge is 0.267 e. The molecule has 0 aliphatic rings. The van der Waals surface area contributed by atoms with E-state index in [4.69, 9.17) is 5.21 Å². The zero-order valence-electron chi connectivity index (χ0n) is 15.5. The van der Waals surface area contributed by atoms with E-state index in [2.05, 4.69) is 20.9 Å². The van der Waals surface area contributed by atoms with E-state index in [1.807, 2.05) is 42.9 Å². The zero-order valence-corrected chi connectivity index (χ0v) is 15.5. The Kier molecular flexibility index (Phi) is 6.91. The van der Waals surface area contributed by atoms with Crippen LogP contribution in [-0.2, 0) is 17.8 Å². The number of hydrogen-bond donors (Lipinski definition) is 4. The van der Waals surface area contributed by atoms with E-state index in [9.17, 15) is 9.90 Å². The summed E-state index contributed by atoms with van der Waals surface area (Å²) in [6, 6.07) is 9.88. The van der Waals surface area contributed by atoms with Crippen LogP contribution in [0.5, 0.6) is 0 Å². The number of aliphatic hydroxyl groups is 1. The molecular formula is C21H24N4O3. The number of fused-ring (bicyclic) bond motifs is 1. The number of hydroxylamine groups is 1.